The molecular formula is C14H9BrN4O3. The van der Waals surface area contributed by atoms with Crippen LogP contribution >= 0.6 is 15.9 Å². The van der Waals surface area contributed by atoms with Gasteiger partial charge in [0.2, 0.25) is 0 Å². The minimum absolute atomic E-state index is 0.0661. The molecule has 0 saturated carbocycles. The average molecular weight is 361 g/mol. The average Bonchev–Trinajstić information content (AvgIpc) is 2.55. The van der Waals surface area contributed by atoms with Gasteiger partial charge in [-0.3, -0.25) is 4.79 Å². The summed E-state index contributed by atoms with van der Waals surface area (Å²) in [6, 6.07) is 7.91. The van der Waals surface area contributed by atoms with Gasteiger partial charge in [-0.05, 0) is 27.5 Å². The van der Waals surface area contributed by atoms with Gasteiger partial charge >= 0.3 is 5.97 Å². The van der Waals surface area contributed by atoms with E-state index in [1.54, 1.807) is 24.3 Å². The highest BCUT2D eigenvalue weighted by molar-refractivity contribution is 9.10. The lowest BCUT2D eigenvalue weighted by Crippen LogP contribution is -2.03. The number of aromatic nitrogens is 1. The number of carbonyl (C=O) groups is 2. The quantitative estimate of drug-likeness (QED) is 0.204. The van der Waals surface area contributed by atoms with E-state index < -0.39 is 5.97 Å². The predicted molar refractivity (Wildman–Crippen MR) is 82.9 cm³/mol. The SMILES string of the molecule is COC(=O)c1cc(Br)nc(-c2ccc(C=O)cc2)c1N=[N+]=[N-]. The Kier molecular flexibility index (Phi) is 4.88. The normalized spacial score (nSPS) is 9.73. The number of halogens is 1. The molecule has 22 heavy (non-hydrogen) atoms. The summed E-state index contributed by atoms with van der Waals surface area (Å²) < 4.78 is 5.08. The summed E-state index contributed by atoms with van der Waals surface area (Å²) in [5.74, 6) is -0.642. The van der Waals surface area contributed by atoms with E-state index >= 15 is 0 Å². The van der Waals surface area contributed by atoms with Crippen LogP contribution in [0.4, 0.5) is 5.69 Å². The Morgan fingerprint density at radius 3 is 2.64 bits per heavy atom. The number of carbonyl (C=O) groups excluding carboxylic acids is 2. The summed E-state index contributed by atoms with van der Waals surface area (Å²) in [6.07, 6.45) is 0.715. The van der Waals surface area contributed by atoms with E-state index in [1.165, 1.54) is 13.2 Å². The maximum atomic E-state index is 11.8. The Morgan fingerprint density at radius 2 is 2.09 bits per heavy atom. The first-order valence-electron chi connectivity index (χ1n) is 6.00. The summed E-state index contributed by atoms with van der Waals surface area (Å²) in [6.45, 7) is 0. The molecule has 0 radical (unpaired) electrons. The van der Waals surface area contributed by atoms with Crippen LogP contribution < -0.4 is 0 Å². The summed E-state index contributed by atoms with van der Waals surface area (Å²) in [4.78, 5) is 29.5. The molecule has 0 amide bonds. The molecule has 0 bridgehead atoms. The second-order valence-electron chi connectivity index (χ2n) is 4.11. The van der Waals surface area contributed by atoms with Crippen LogP contribution in [0.3, 0.4) is 0 Å². The maximum Gasteiger partial charge on any atom is 0.338 e. The highest BCUT2D eigenvalue weighted by atomic mass is 79.9. The van der Waals surface area contributed by atoms with Crippen molar-refractivity contribution in [2.75, 3.05) is 7.11 Å². The van der Waals surface area contributed by atoms with Gasteiger partial charge in [-0.2, -0.15) is 0 Å². The molecule has 0 aliphatic heterocycles. The summed E-state index contributed by atoms with van der Waals surface area (Å²) >= 11 is 3.21. The van der Waals surface area contributed by atoms with Gasteiger partial charge in [0, 0.05) is 16.0 Å². The zero-order chi connectivity index (χ0) is 16.1. The van der Waals surface area contributed by atoms with Crippen molar-refractivity contribution in [1.29, 1.82) is 0 Å². The van der Waals surface area contributed by atoms with Crippen LogP contribution in [0, 0.1) is 0 Å². The van der Waals surface area contributed by atoms with Gasteiger partial charge in [-0.15, -0.1) is 0 Å². The first kappa shape index (κ1) is 15.7. The van der Waals surface area contributed by atoms with Crippen LogP contribution in [-0.4, -0.2) is 24.3 Å². The minimum atomic E-state index is -0.642. The predicted octanol–water partition coefficient (Wildman–Crippen LogP) is 4.05. The van der Waals surface area contributed by atoms with Gasteiger partial charge in [0.15, 0.2) is 0 Å². The second-order valence-corrected chi connectivity index (χ2v) is 4.92. The van der Waals surface area contributed by atoms with E-state index in [2.05, 4.69) is 35.7 Å². The third-order valence-electron chi connectivity index (χ3n) is 2.83. The molecule has 0 unspecified atom stereocenters. The van der Waals surface area contributed by atoms with Crippen molar-refractivity contribution < 1.29 is 14.3 Å². The molecule has 1 aromatic heterocycles. The first-order valence-corrected chi connectivity index (χ1v) is 6.79. The van der Waals surface area contributed by atoms with E-state index in [0.717, 1.165) is 0 Å². The van der Waals surface area contributed by atoms with Gasteiger partial charge < -0.3 is 4.74 Å². The number of azide groups is 1. The lowest BCUT2D eigenvalue weighted by atomic mass is 10.0. The number of methoxy groups -OCH3 is 1. The van der Waals surface area contributed by atoms with Crippen LogP contribution in [0.1, 0.15) is 20.7 Å². The first-order chi connectivity index (χ1) is 10.6. The Morgan fingerprint density at radius 1 is 1.41 bits per heavy atom. The maximum absolute atomic E-state index is 11.8. The number of rotatable bonds is 4. The van der Waals surface area contributed by atoms with Crippen LogP contribution in [0.5, 0.6) is 0 Å². The van der Waals surface area contributed by atoms with Crippen LogP contribution in [0.25, 0.3) is 21.7 Å². The zero-order valence-corrected chi connectivity index (χ0v) is 12.9. The van der Waals surface area contributed by atoms with Crippen molar-refractivity contribution in [3.05, 3.63) is 56.5 Å². The van der Waals surface area contributed by atoms with Crippen LogP contribution in [0.15, 0.2) is 40.0 Å². The molecule has 0 fully saturated rings. The van der Waals surface area contributed by atoms with Gasteiger partial charge in [0.05, 0.1) is 24.1 Å². The third-order valence-corrected chi connectivity index (χ3v) is 3.24. The molecule has 2 rings (SSSR count). The molecule has 0 atom stereocenters. The second kappa shape index (κ2) is 6.84. The van der Waals surface area contributed by atoms with Gasteiger partial charge in [-0.1, -0.05) is 29.4 Å². The van der Waals surface area contributed by atoms with Crippen LogP contribution in [-0.2, 0) is 4.74 Å². The number of pyridine rings is 1. The number of hydrogen-bond acceptors (Lipinski definition) is 5. The van der Waals surface area contributed by atoms with E-state index in [1.807, 2.05) is 0 Å². The minimum Gasteiger partial charge on any atom is -0.465 e. The molecule has 7 nitrogen and oxygen atoms in total. The molecular weight excluding hydrogens is 352 g/mol. The van der Waals surface area contributed by atoms with Crippen molar-refractivity contribution >= 4 is 33.9 Å². The number of aldehydes is 1. The largest absolute Gasteiger partial charge is 0.465 e. The number of nitrogens with zero attached hydrogens (tertiary/aromatic N) is 4. The van der Waals surface area contributed by atoms with Crippen molar-refractivity contribution in [1.82, 2.24) is 4.98 Å². The summed E-state index contributed by atoms with van der Waals surface area (Å²) in [7, 11) is 1.23. The number of esters is 1. The Bertz CT molecular complexity index is 783. The van der Waals surface area contributed by atoms with Crippen molar-refractivity contribution in [3.8, 4) is 11.3 Å². The molecule has 0 N–H and O–H groups in total. The topological polar surface area (TPSA) is 105 Å². The van der Waals surface area contributed by atoms with E-state index in [-0.39, 0.29) is 11.3 Å². The Labute approximate surface area is 133 Å². The molecule has 110 valence electrons. The summed E-state index contributed by atoms with van der Waals surface area (Å²) in [5.41, 5.74) is 10.3. The summed E-state index contributed by atoms with van der Waals surface area (Å²) in [5, 5.41) is 3.56. The number of ether oxygens (including phenoxy) is 1. The van der Waals surface area contributed by atoms with Crippen LogP contribution in [0.2, 0.25) is 0 Å². The lowest BCUT2D eigenvalue weighted by molar-refractivity contribution is 0.0601. The number of benzene rings is 1. The Balaban J connectivity index is 2.72. The van der Waals surface area contributed by atoms with Gasteiger partial charge in [0.1, 0.15) is 10.9 Å². The fourth-order valence-electron chi connectivity index (χ4n) is 1.84. The molecule has 0 spiro atoms. The third kappa shape index (κ3) is 3.13. The molecule has 1 heterocycles. The molecule has 8 heteroatoms. The van der Waals surface area contributed by atoms with Gasteiger partial charge in [-0.25, -0.2) is 9.78 Å². The standard InChI is InChI=1S/C14H9BrN4O3/c1-22-14(21)10-6-11(15)17-12(13(10)18-19-16)9-4-2-8(7-20)3-5-9/h2-7H,1H3. The van der Waals surface area contributed by atoms with E-state index in [4.69, 9.17) is 5.53 Å². The Hall–Kier alpha value is -2.70. The monoisotopic (exact) mass is 360 g/mol. The highest BCUT2D eigenvalue weighted by Crippen LogP contribution is 2.34. The van der Waals surface area contributed by atoms with Crippen molar-refractivity contribution in [2.45, 2.75) is 0 Å². The zero-order valence-electron chi connectivity index (χ0n) is 11.4. The fraction of sp³-hybridized carbons (Fsp3) is 0.0714. The van der Waals surface area contributed by atoms with Gasteiger partial charge in [0.25, 0.3) is 0 Å². The lowest BCUT2D eigenvalue weighted by Gasteiger charge is -2.10. The van der Waals surface area contributed by atoms with Crippen molar-refractivity contribution in [2.24, 2.45) is 5.11 Å². The van der Waals surface area contributed by atoms with E-state index in [9.17, 15) is 9.59 Å². The van der Waals surface area contributed by atoms with Crippen molar-refractivity contribution in [3.63, 3.8) is 0 Å². The van der Waals surface area contributed by atoms with E-state index in [0.29, 0.717) is 27.7 Å². The number of hydrogen-bond donors (Lipinski definition) is 0. The molecule has 0 aliphatic rings. The molecule has 1 aromatic carbocycles. The smallest absolute Gasteiger partial charge is 0.338 e. The molecule has 2 aromatic rings. The fourth-order valence-corrected chi connectivity index (χ4v) is 2.25. The molecule has 0 saturated heterocycles. The highest BCUT2D eigenvalue weighted by Gasteiger charge is 2.18. The molecule has 0 aliphatic carbocycles.